The van der Waals surface area contributed by atoms with Crippen LogP contribution >= 0.6 is 11.6 Å². The number of carbonyl (C=O) groups is 2. The van der Waals surface area contributed by atoms with Crippen LogP contribution < -0.4 is 5.32 Å². The molecule has 0 atom stereocenters. The van der Waals surface area contributed by atoms with E-state index in [0.717, 1.165) is 11.1 Å². The van der Waals surface area contributed by atoms with Crippen LogP contribution in [-0.2, 0) is 13.0 Å². The number of nitrogens with one attached hydrogen (secondary N) is 1. The van der Waals surface area contributed by atoms with Crippen LogP contribution in [0.25, 0.3) is 11.5 Å². The summed E-state index contributed by atoms with van der Waals surface area (Å²) in [4.78, 5) is 31.0. The molecular formula is C27H25ClN4O3. The van der Waals surface area contributed by atoms with Gasteiger partial charge in [-0.3, -0.25) is 9.59 Å². The molecule has 0 aliphatic rings. The van der Waals surface area contributed by atoms with Crippen molar-refractivity contribution in [3.8, 4) is 11.5 Å². The molecule has 3 aromatic carbocycles. The molecule has 1 heterocycles. The van der Waals surface area contributed by atoms with E-state index in [-0.39, 0.29) is 11.8 Å². The summed E-state index contributed by atoms with van der Waals surface area (Å²) >= 11 is 5.88. The Balaban J connectivity index is 1.32. The van der Waals surface area contributed by atoms with Gasteiger partial charge in [0.25, 0.3) is 17.7 Å². The summed E-state index contributed by atoms with van der Waals surface area (Å²) < 4.78 is 5.38. The molecule has 0 saturated heterocycles. The molecule has 2 amide bonds. The summed E-state index contributed by atoms with van der Waals surface area (Å²) in [6.45, 7) is 2.92. The molecule has 35 heavy (non-hydrogen) atoms. The first-order valence-electron chi connectivity index (χ1n) is 11.2. The number of hydrogen-bond donors (Lipinski definition) is 1. The minimum atomic E-state index is -0.153. The highest BCUT2D eigenvalue weighted by atomic mass is 35.5. The summed E-state index contributed by atoms with van der Waals surface area (Å²) in [6, 6.07) is 21.7. The Hall–Kier alpha value is -3.97. The number of aromatic nitrogens is 2. The number of likely N-dealkylation sites (N-methyl/N-ethyl adjacent to an activating group) is 1. The van der Waals surface area contributed by atoms with Crippen LogP contribution in [-0.4, -0.2) is 40.4 Å². The van der Waals surface area contributed by atoms with Crippen LogP contribution in [0.5, 0.6) is 0 Å². The molecule has 4 rings (SSSR count). The molecule has 0 fully saturated rings. The fourth-order valence-electron chi connectivity index (χ4n) is 3.51. The van der Waals surface area contributed by atoms with Crippen molar-refractivity contribution in [1.82, 2.24) is 20.4 Å². The molecular weight excluding hydrogens is 464 g/mol. The third-order valence-corrected chi connectivity index (χ3v) is 5.92. The van der Waals surface area contributed by atoms with E-state index in [1.807, 2.05) is 31.2 Å². The second-order valence-corrected chi connectivity index (χ2v) is 8.62. The molecule has 178 valence electrons. The van der Waals surface area contributed by atoms with Gasteiger partial charge in [0.2, 0.25) is 0 Å². The fourth-order valence-corrected chi connectivity index (χ4v) is 3.63. The van der Waals surface area contributed by atoms with E-state index >= 15 is 0 Å². The third kappa shape index (κ3) is 6.13. The van der Waals surface area contributed by atoms with Gasteiger partial charge < -0.3 is 14.7 Å². The molecule has 4 aromatic rings. The van der Waals surface area contributed by atoms with Gasteiger partial charge in [-0.2, -0.15) is 4.98 Å². The van der Waals surface area contributed by atoms with E-state index in [9.17, 15) is 9.59 Å². The predicted molar refractivity (Wildman–Crippen MR) is 134 cm³/mol. The van der Waals surface area contributed by atoms with E-state index in [2.05, 4.69) is 15.5 Å². The lowest BCUT2D eigenvalue weighted by Crippen LogP contribution is -2.29. The van der Waals surface area contributed by atoms with Gasteiger partial charge in [-0.15, -0.1) is 0 Å². The van der Waals surface area contributed by atoms with Crippen molar-refractivity contribution >= 4 is 23.4 Å². The van der Waals surface area contributed by atoms with Crippen molar-refractivity contribution < 1.29 is 14.1 Å². The van der Waals surface area contributed by atoms with Gasteiger partial charge >= 0.3 is 0 Å². The van der Waals surface area contributed by atoms with Crippen molar-refractivity contribution in [2.45, 2.75) is 19.9 Å². The monoisotopic (exact) mass is 488 g/mol. The maximum absolute atomic E-state index is 12.5. The molecule has 0 unspecified atom stereocenters. The molecule has 0 bridgehead atoms. The van der Waals surface area contributed by atoms with Gasteiger partial charge in [0.1, 0.15) is 0 Å². The highest BCUT2D eigenvalue weighted by Gasteiger charge is 2.15. The van der Waals surface area contributed by atoms with Crippen molar-refractivity contribution in [3.63, 3.8) is 0 Å². The van der Waals surface area contributed by atoms with E-state index in [1.165, 1.54) is 0 Å². The molecule has 1 aromatic heterocycles. The fraction of sp³-hybridized carbons (Fsp3) is 0.185. The summed E-state index contributed by atoms with van der Waals surface area (Å²) in [6.07, 6.45) is 0.443. The largest absolute Gasteiger partial charge is 0.348 e. The average Bonchev–Trinajstić information content (AvgIpc) is 3.36. The van der Waals surface area contributed by atoms with E-state index < -0.39 is 0 Å². The molecule has 0 saturated carbocycles. The van der Waals surface area contributed by atoms with E-state index in [4.69, 9.17) is 16.1 Å². The number of aryl methyl sites for hydroxylation is 1. The van der Waals surface area contributed by atoms with Crippen LogP contribution in [0.2, 0.25) is 5.02 Å². The lowest BCUT2D eigenvalue weighted by Gasteiger charge is -2.16. The summed E-state index contributed by atoms with van der Waals surface area (Å²) in [5, 5.41) is 7.54. The minimum Gasteiger partial charge on any atom is -0.348 e. The van der Waals surface area contributed by atoms with Gasteiger partial charge in [0.05, 0.1) is 0 Å². The van der Waals surface area contributed by atoms with Crippen LogP contribution in [0.3, 0.4) is 0 Å². The quantitative estimate of drug-likeness (QED) is 0.379. The lowest BCUT2D eigenvalue weighted by atomic mass is 10.1. The van der Waals surface area contributed by atoms with Crippen molar-refractivity contribution in [3.05, 3.63) is 106 Å². The zero-order valence-corrected chi connectivity index (χ0v) is 20.2. The van der Waals surface area contributed by atoms with Crippen molar-refractivity contribution in [2.24, 2.45) is 0 Å². The van der Waals surface area contributed by atoms with Gasteiger partial charge in [-0.25, -0.2) is 0 Å². The average molecular weight is 489 g/mol. The van der Waals surface area contributed by atoms with Gasteiger partial charge in [-0.05, 0) is 66.6 Å². The number of halogens is 1. The second-order valence-electron chi connectivity index (χ2n) is 8.19. The van der Waals surface area contributed by atoms with Gasteiger partial charge in [0, 0.05) is 48.3 Å². The zero-order valence-electron chi connectivity index (χ0n) is 19.5. The third-order valence-electron chi connectivity index (χ3n) is 5.67. The van der Waals surface area contributed by atoms with Crippen molar-refractivity contribution in [1.29, 1.82) is 0 Å². The lowest BCUT2D eigenvalue weighted by molar-refractivity contribution is 0.0795. The smallest absolute Gasteiger partial charge is 0.257 e. The first-order chi connectivity index (χ1) is 16.9. The summed E-state index contributed by atoms with van der Waals surface area (Å²) in [7, 11) is 1.72. The SMILES string of the molecule is Cc1ccccc1CNC(=O)c1ccc(-c2nc(CCN(C)C(=O)c3ccc(Cl)cc3)no2)cc1. The Bertz CT molecular complexity index is 1320. The Kier molecular flexibility index (Phi) is 7.57. The number of hydrogen-bond acceptors (Lipinski definition) is 5. The van der Waals surface area contributed by atoms with Crippen LogP contribution in [0.15, 0.2) is 77.3 Å². The first kappa shape index (κ1) is 24.2. The van der Waals surface area contributed by atoms with Crippen LogP contribution in [0.4, 0.5) is 0 Å². The van der Waals surface area contributed by atoms with E-state index in [1.54, 1.807) is 60.5 Å². The van der Waals surface area contributed by atoms with E-state index in [0.29, 0.717) is 52.9 Å². The normalized spacial score (nSPS) is 10.7. The maximum Gasteiger partial charge on any atom is 0.257 e. The molecule has 7 nitrogen and oxygen atoms in total. The Labute approximate surface area is 208 Å². The zero-order chi connectivity index (χ0) is 24.8. The minimum absolute atomic E-state index is 0.110. The van der Waals surface area contributed by atoms with Gasteiger partial charge in [0.15, 0.2) is 5.82 Å². The summed E-state index contributed by atoms with van der Waals surface area (Å²) in [5.74, 6) is 0.593. The molecule has 8 heteroatoms. The second kappa shape index (κ2) is 11.0. The molecule has 0 aliphatic carbocycles. The predicted octanol–water partition coefficient (Wildman–Crippen LogP) is 4.94. The number of rotatable bonds is 8. The van der Waals surface area contributed by atoms with Crippen LogP contribution in [0.1, 0.15) is 37.7 Å². The Morgan fingerprint density at radius 2 is 1.66 bits per heavy atom. The molecule has 1 N–H and O–H groups in total. The molecule has 0 spiro atoms. The molecule has 0 aliphatic heterocycles. The van der Waals surface area contributed by atoms with Crippen molar-refractivity contribution in [2.75, 3.05) is 13.6 Å². The number of nitrogens with zero attached hydrogens (tertiary/aromatic N) is 3. The number of amides is 2. The van der Waals surface area contributed by atoms with Crippen LogP contribution in [0, 0.1) is 6.92 Å². The number of carbonyl (C=O) groups excluding carboxylic acids is 2. The standard InChI is InChI=1S/C27H25ClN4O3/c1-18-5-3-4-6-22(18)17-29-25(33)19-7-9-20(10-8-19)26-30-24(31-35-26)15-16-32(2)27(34)21-11-13-23(28)14-12-21/h3-14H,15-17H2,1-2H3,(H,29,33). The highest BCUT2D eigenvalue weighted by Crippen LogP contribution is 2.18. The Morgan fingerprint density at radius 1 is 0.971 bits per heavy atom. The van der Waals surface area contributed by atoms with Gasteiger partial charge in [-0.1, -0.05) is 41.0 Å². The highest BCUT2D eigenvalue weighted by molar-refractivity contribution is 6.30. The Morgan fingerprint density at radius 3 is 2.37 bits per heavy atom. The topological polar surface area (TPSA) is 88.3 Å². The molecule has 0 radical (unpaired) electrons. The first-order valence-corrected chi connectivity index (χ1v) is 11.6. The summed E-state index contributed by atoms with van der Waals surface area (Å²) in [5.41, 5.74) is 4.04. The maximum atomic E-state index is 12.5. The number of benzene rings is 3.